The van der Waals surface area contributed by atoms with Gasteiger partial charge >= 0.3 is 0 Å². The molecule has 2 aliphatic heterocycles. The summed E-state index contributed by atoms with van der Waals surface area (Å²) in [5, 5.41) is 26.8. The van der Waals surface area contributed by atoms with Gasteiger partial charge in [-0.05, 0) is 122 Å². The van der Waals surface area contributed by atoms with E-state index in [9.17, 15) is 5.26 Å². The number of para-hydroxylation sites is 4. The number of nitriles is 1. The number of fused-ring (bicyclic) bond motifs is 17. The summed E-state index contributed by atoms with van der Waals surface area (Å²) in [4.78, 5) is 2.36. The van der Waals surface area contributed by atoms with Gasteiger partial charge in [0.15, 0.2) is 0 Å². The fraction of sp³-hybridized carbons (Fsp3) is 0.0984. The number of rotatable bonds is 6. The van der Waals surface area contributed by atoms with E-state index in [1.165, 1.54) is 61.9 Å². The predicted octanol–water partition coefficient (Wildman–Crippen LogP) is 13.9. The number of anilines is 5. The SMILES string of the molecule is N#Cc1ccc(N2c3ccccc3C3(c4ccccc4-c4ccccc43)c3ccccc32)c(C(C=N)C/C=N/N2c3ccccc3C3(C4=C(CCC#C4)c4ccccc43)c3ccccc32)c1. The van der Waals surface area contributed by atoms with Crippen molar-refractivity contribution in [1.82, 2.24) is 0 Å². The molecule has 5 nitrogen and oxygen atoms in total. The van der Waals surface area contributed by atoms with Gasteiger partial charge in [0.25, 0.3) is 0 Å². The third-order valence-corrected chi connectivity index (χ3v) is 14.7. The van der Waals surface area contributed by atoms with Crippen molar-refractivity contribution in [1.29, 1.82) is 10.7 Å². The number of allylic oxidation sites excluding steroid dienone is 2. The number of benzene rings is 8. The monoisotopic (exact) mass is 843 g/mol. The van der Waals surface area contributed by atoms with E-state index in [1.54, 1.807) is 0 Å². The van der Waals surface area contributed by atoms with Gasteiger partial charge in [-0.2, -0.15) is 10.4 Å². The highest BCUT2D eigenvalue weighted by Gasteiger charge is 2.54. The van der Waals surface area contributed by atoms with E-state index in [-0.39, 0.29) is 0 Å². The van der Waals surface area contributed by atoms with Crippen LogP contribution < -0.4 is 9.91 Å². The summed E-state index contributed by atoms with van der Waals surface area (Å²) in [5.41, 5.74) is 20.3. The molecule has 3 aliphatic carbocycles. The zero-order valence-electron chi connectivity index (χ0n) is 36.0. The molecule has 0 bridgehead atoms. The van der Waals surface area contributed by atoms with Crippen LogP contribution in [0.25, 0.3) is 16.7 Å². The molecule has 8 aromatic carbocycles. The fourth-order valence-electron chi connectivity index (χ4n) is 12.2. The Labute approximate surface area is 384 Å². The lowest BCUT2D eigenvalue weighted by Gasteiger charge is -2.45. The van der Waals surface area contributed by atoms with Gasteiger partial charge in [-0.1, -0.05) is 157 Å². The average Bonchev–Trinajstić information content (AvgIpc) is 3.85. The highest BCUT2D eigenvalue weighted by Crippen LogP contribution is 2.65. The van der Waals surface area contributed by atoms with Crippen molar-refractivity contribution in [2.24, 2.45) is 5.10 Å². The second-order valence-electron chi connectivity index (χ2n) is 17.7. The van der Waals surface area contributed by atoms with E-state index in [1.807, 2.05) is 18.3 Å². The van der Waals surface area contributed by atoms with Gasteiger partial charge in [-0.25, -0.2) is 5.01 Å². The van der Waals surface area contributed by atoms with Crippen molar-refractivity contribution in [2.75, 3.05) is 9.91 Å². The van der Waals surface area contributed by atoms with Gasteiger partial charge in [0.05, 0.1) is 50.9 Å². The van der Waals surface area contributed by atoms with Gasteiger partial charge in [0, 0.05) is 30.3 Å². The molecule has 0 fully saturated rings. The molecule has 310 valence electrons. The van der Waals surface area contributed by atoms with Crippen molar-refractivity contribution in [3.05, 3.63) is 249 Å². The highest BCUT2D eigenvalue weighted by molar-refractivity contribution is 5.98. The Morgan fingerprint density at radius 3 is 1.62 bits per heavy atom. The van der Waals surface area contributed by atoms with Crippen LogP contribution in [0.3, 0.4) is 0 Å². The molecule has 0 radical (unpaired) electrons. The van der Waals surface area contributed by atoms with Crippen LogP contribution in [0.4, 0.5) is 28.4 Å². The van der Waals surface area contributed by atoms with Crippen LogP contribution in [0.2, 0.25) is 0 Å². The second-order valence-corrected chi connectivity index (χ2v) is 17.7. The number of nitrogens with one attached hydrogen (secondary N) is 1. The Morgan fingerprint density at radius 1 is 0.576 bits per heavy atom. The summed E-state index contributed by atoms with van der Waals surface area (Å²) in [6, 6.07) is 69.7. The lowest BCUT2D eigenvalue weighted by atomic mass is 9.64. The normalized spacial score (nSPS) is 16.2. The summed E-state index contributed by atoms with van der Waals surface area (Å²) in [6.45, 7) is 0. The summed E-state index contributed by atoms with van der Waals surface area (Å²) in [6.07, 6.45) is 5.69. The molecule has 1 N–H and O–H groups in total. The van der Waals surface area contributed by atoms with Gasteiger partial charge in [-0.3, -0.25) is 0 Å². The quantitative estimate of drug-likeness (QED) is 0.134. The Bertz CT molecular complexity index is 3410. The molecule has 5 aliphatic rings. The minimum absolute atomic E-state index is 0.395. The standard InChI is InChI=1S/C61H41N5/c62-38-40-33-34-55(65-56-29-13-9-25-51(56)60(52-26-10-14-30-57(52)65)47-21-5-1-17-42(47)43-18-2-6-22-48(43)60)46(37-40)41(39-63)35-36-64-66-58-31-15-11-27-53(58)61(54-28-12-16-32-59(54)66)49-23-7-3-19-44(49)45-20-4-8-24-50(45)61/h1-3,5-7,9-19,21-23,25-34,36-37,39,41,63H,4,20,35H2/b63-39?,64-36+. The van der Waals surface area contributed by atoms with Crippen LogP contribution >= 0.6 is 0 Å². The third kappa shape index (κ3) is 4.95. The Hall–Kier alpha value is -8.51. The van der Waals surface area contributed by atoms with E-state index in [4.69, 9.17) is 10.5 Å². The molecular formula is C61H41N5. The molecule has 2 spiro atoms. The first kappa shape index (κ1) is 38.0. The summed E-state index contributed by atoms with van der Waals surface area (Å²) >= 11 is 0. The molecule has 0 aromatic heterocycles. The first-order chi connectivity index (χ1) is 32.7. The van der Waals surface area contributed by atoms with Crippen molar-refractivity contribution in [3.63, 3.8) is 0 Å². The van der Waals surface area contributed by atoms with Crippen LogP contribution in [0.1, 0.15) is 80.8 Å². The molecule has 1 unspecified atom stereocenters. The Kier molecular flexibility index (Phi) is 8.35. The summed E-state index contributed by atoms with van der Waals surface area (Å²) in [7, 11) is 0. The zero-order valence-corrected chi connectivity index (χ0v) is 36.0. The van der Waals surface area contributed by atoms with Gasteiger partial charge in [-0.15, -0.1) is 0 Å². The number of hydrazone groups is 1. The molecule has 8 aromatic rings. The largest absolute Gasteiger partial charge is 0.312 e. The maximum absolute atomic E-state index is 10.3. The van der Waals surface area contributed by atoms with E-state index in [2.05, 4.69) is 204 Å². The molecular weight excluding hydrogens is 803 g/mol. The van der Waals surface area contributed by atoms with Crippen LogP contribution in [0.15, 0.2) is 199 Å². The van der Waals surface area contributed by atoms with Crippen molar-refractivity contribution < 1.29 is 0 Å². The molecule has 5 heteroatoms. The second kappa shape index (κ2) is 14.5. The summed E-state index contributed by atoms with van der Waals surface area (Å²) < 4.78 is 0. The molecule has 2 heterocycles. The van der Waals surface area contributed by atoms with E-state index < -0.39 is 16.7 Å². The molecule has 1 atom stereocenters. The predicted molar refractivity (Wildman–Crippen MR) is 267 cm³/mol. The first-order valence-electron chi connectivity index (χ1n) is 22.8. The van der Waals surface area contributed by atoms with Gasteiger partial charge < -0.3 is 10.3 Å². The van der Waals surface area contributed by atoms with E-state index in [0.717, 1.165) is 58.0 Å². The Morgan fingerprint density at radius 2 is 1.06 bits per heavy atom. The number of hydrogen-bond donors (Lipinski definition) is 1. The van der Waals surface area contributed by atoms with Crippen molar-refractivity contribution >= 4 is 46.4 Å². The molecule has 13 rings (SSSR count). The smallest absolute Gasteiger partial charge is 0.0991 e. The van der Waals surface area contributed by atoms with E-state index in [0.29, 0.717) is 12.0 Å². The van der Waals surface area contributed by atoms with Gasteiger partial charge in [0.2, 0.25) is 0 Å². The van der Waals surface area contributed by atoms with Crippen LogP contribution in [-0.2, 0) is 10.8 Å². The zero-order chi connectivity index (χ0) is 44.0. The fourth-order valence-corrected chi connectivity index (χ4v) is 12.2. The van der Waals surface area contributed by atoms with Crippen LogP contribution in [-0.4, -0.2) is 12.4 Å². The third-order valence-electron chi connectivity index (χ3n) is 14.7. The minimum atomic E-state index is -0.551. The molecule has 66 heavy (non-hydrogen) atoms. The lowest BCUT2D eigenvalue weighted by Crippen LogP contribution is -2.37. The number of hydrogen-bond acceptors (Lipinski definition) is 5. The lowest BCUT2D eigenvalue weighted by molar-refractivity contribution is 0.738. The van der Waals surface area contributed by atoms with Crippen LogP contribution in [0.5, 0.6) is 0 Å². The average molecular weight is 844 g/mol. The van der Waals surface area contributed by atoms with Crippen molar-refractivity contribution in [3.8, 4) is 29.0 Å². The first-order valence-corrected chi connectivity index (χ1v) is 22.8. The topological polar surface area (TPSA) is 66.5 Å². The minimum Gasteiger partial charge on any atom is -0.312 e. The van der Waals surface area contributed by atoms with E-state index >= 15 is 0 Å². The summed E-state index contributed by atoms with van der Waals surface area (Å²) in [5.74, 6) is 6.75. The van der Waals surface area contributed by atoms with Gasteiger partial charge in [0.1, 0.15) is 0 Å². The molecule has 0 saturated heterocycles. The van der Waals surface area contributed by atoms with Crippen molar-refractivity contribution in [2.45, 2.75) is 36.0 Å². The van der Waals surface area contributed by atoms with Crippen LogP contribution in [0, 0.1) is 28.6 Å². The Balaban J connectivity index is 0.933. The molecule has 0 amide bonds. The molecule has 0 saturated carbocycles. The highest BCUT2D eigenvalue weighted by atomic mass is 15.5. The maximum Gasteiger partial charge on any atom is 0.0991 e. The number of nitrogens with zero attached hydrogens (tertiary/aromatic N) is 4. The maximum atomic E-state index is 10.3.